The van der Waals surface area contributed by atoms with Crippen molar-refractivity contribution in [1.29, 1.82) is 0 Å². The first-order valence-corrected chi connectivity index (χ1v) is 4.89. The Balaban J connectivity index is 2.73. The lowest BCUT2D eigenvalue weighted by molar-refractivity contribution is -0.120. The van der Waals surface area contributed by atoms with Gasteiger partial charge in [0.2, 0.25) is 0 Å². The van der Waals surface area contributed by atoms with Crippen LogP contribution < -0.4 is 4.74 Å². The highest BCUT2D eigenvalue weighted by molar-refractivity contribution is 9.10. The predicted octanol–water partition coefficient (Wildman–Crippen LogP) is 3.14. The molecule has 2 aromatic rings. The number of hydrogen-bond donors (Lipinski definition) is 0. The monoisotopic (exact) mass is 250 g/mol. The summed E-state index contributed by atoms with van der Waals surface area (Å²) in [6.07, 6.45) is 0. The minimum Gasteiger partial charge on any atom is -0.428 e. The van der Waals surface area contributed by atoms with E-state index in [2.05, 4.69) is 15.9 Å². The van der Waals surface area contributed by atoms with Crippen molar-refractivity contribution >= 4 is 33.2 Å². The average Bonchev–Trinajstić information content (AvgIpc) is 2.18. The molecule has 0 aliphatic carbocycles. The van der Waals surface area contributed by atoms with Crippen LogP contribution >= 0.6 is 15.9 Å². The van der Waals surface area contributed by atoms with Gasteiger partial charge in [-0.05, 0) is 17.5 Å². The van der Waals surface area contributed by atoms with Gasteiger partial charge in [-0.2, -0.15) is 0 Å². The van der Waals surface area contributed by atoms with Gasteiger partial charge in [0.05, 0.1) is 0 Å². The molecule has 0 saturated heterocycles. The molecule has 0 N–H and O–H groups in total. The molecule has 0 aromatic heterocycles. The molecule has 0 spiro atoms. The van der Waals surface area contributed by atoms with Crippen LogP contribution in [0.4, 0.5) is 0 Å². The van der Waals surface area contributed by atoms with Crippen LogP contribution in [0.15, 0.2) is 40.9 Å². The summed E-state index contributed by atoms with van der Waals surface area (Å²) in [5, 5.41) is 1.97. The molecule has 2 nitrogen and oxygen atoms in total. The van der Waals surface area contributed by atoms with E-state index in [1.165, 1.54) is 0 Å². The Morgan fingerprint density at radius 2 is 2.00 bits per heavy atom. The molecular weight excluding hydrogens is 244 g/mol. The molecule has 0 saturated carbocycles. The molecule has 0 bridgehead atoms. The first-order valence-electron chi connectivity index (χ1n) is 4.10. The van der Waals surface area contributed by atoms with E-state index in [1.54, 1.807) is 6.07 Å². The largest absolute Gasteiger partial charge is 0.428 e. The van der Waals surface area contributed by atoms with Gasteiger partial charge in [-0.1, -0.05) is 40.2 Å². The molecule has 0 fully saturated rings. The van der Waals surface area contributed by atoms with Gasteiger partial charge in [-0.15, -0.1) is 0 Å². The van der Waals surface area contributed by atoms with E-state index in [9.17, 15) is 4.79 Å². The standard InChI is InChI=1S/C11H7BrO2/c12-9-5-8-3-1-2-4-10(8)11(6-9)14-7-13/h1-7H. The van der Waals surface area contributed by atoms with E-state index in [0.29, 0.717) is 12.2 Å². The van der Waals surface area contributed by atoms with Gasteiger partial charge in [0.15, 0.2) is 0 Å². The molecule has 0 aliphatic heterocycles. The lowest BCUT2D eigenvalue weighted by atomic mass is 10.1. The fourth-order valence-corrected chi connectivity index (χ4v) is 1.84. The van der Waals surface area contributed by atoms with Crippen molar-refractivity contribution in [3.05, 3.63) is 40.9 Å². The van der Waals surface area contributed by atoms with Gasteiger partial charge >= 0.3 is 0 Å². The second kappa shape index (κ2) is 3.80. The highest BCUT2D eigenvalue weighted by Gasteiger charge is 2.02. The summed E-state index contributed by atoms with van der Waals surface area (Å²) in [5.41, 5.74) is 0. The number of hydrogen-bond acceptors (Lipinski definition) is 2. The van der Waals surface area contributed by atoms with Crippen molar-refractivity contribution in [2.24, 2.45) is 0 Å². The van der Waals surface area contributed by atoms with E-state index in [-0.39, 0.29) is 0 Å². The van der Waals surface area contributed by atoms with E-state index in [1.807, 2.05) is 30.3 Å². The van der Waals surface area contributed by atoms with Gasteiger partial charge in [0, 0.05) is 9.86 Å². The maximum atomic E-state index is 10.3. The summed E-state index contributed by atoms with van der Waals surface area (Å²) in [6.45, 7) is 0.439. The minimum atomic E-state index is 0.439. The Labute approximate surface area is 89.6 Å². The molecule has 14 heavy (non-hydrogen) atoms. The fraction of sp³-hybridized carbons (Fsp3) is 0. The summed E-state index contributed by atoms with van der Waals surface area (Å²) in [4.78, 5) is 10.3. The summed E-state index contributed by atoms with van der Waals surface area (Å²) in [7, 11) is 0. The van der Waals surface area contributed by atoms with Crippen molar-refractivity contribution < 1.29 is 9.53 Å². The third-order valence-electron chi connectivity index (χ3n) is 1.96. The third kappa shape index (κ3) is 1.63. The second-order valence-corrected chi connectivity index (χ2v) is 3.75. The number of rotatable bonds is 2. The summed E-state index contributed by atoms with van der Waals surface area (Å²) >= 11 is 3.36. The first kappa shape index (κ1) is 9.21. The lowest BCUT2D eigenvalue weighted by Crippen LogP contribution is -1.89. The molecular formula is C11H7BrO2. The van der Waals surface area contributed by atoms with Crippen LogP contribution in [0.1, 0.15) is 0 Å². The average molecular weight is 251 g/mol. The van der Waals surface area contributed by atoms with Crippen molar-refractivity contribution in [3.63, 3.8) is 0 Å². The Hall–Kier alpha value is -1.35. The maximum Gasteiger partial charge on any atom is 0.298 e. The summed E-state index contributed by atoms with van der Waals surface area (Å²) < 4.78 is 5.79. The number of carbonyl (C=O) groups excluding carboxylic acids is 1. The highest BCUT2D eigenvalue weighted by atomic mass is 79.9. The summed E-state index contributed by atoms with van der Waals surface area (Å²) in [5.74, 6) is 0.574. The molecule has 2 rings (SSSR count). The Kier molecular flexibility index (Phi) is 2.50. The fourth-order valence-electron chi connectivity index (χ4n) is 1.39. The molecule has 0 radical (unpaired) electrons. The number of halogens is 1. The molecule has 3 heteroatoms. The minimum absolute atomic E-state index is 0.439. The molecule has 0 aliphatic rings. The van der Waals surface area contributed by atoms with Crippen molar-refractivity contribution in [2.75, 3.05) is 0 Å². The van der Waals surface area contributed by atoms with Gasteiger partial charge < -0.3 is 4.74 Å². The molecule has 0 amide bonds. The highest BCUT2D eigenvalue weighted by Crippen LogP contribution is 2.29. The number of carbonyl (C=O) groups is 1. The number of benzene rings is 2. The van der Waals surface area contributed by atoms with Crippen LogP contribution in [0.2, 0.25) is 0 Å². The summed E-state index contributed by atoms with van der Waals surface area (Å²) in [6, 6.07) is 11.5. The molecule has 2 aromatic carbocycles. The molecule has 70 valence electrons. The van der Waals surface area contributed by atoms with Crippen molar-refractivity contribution in [1.82, 2.24) is 0 Å². The Morgan fingerprint density at radius 3 is 2.79 bits per heavy atom. The number of ether oxygens (including phenoxy) is 1. The maximum absolute atomic E-state index is 10.3. The zero-order chi connectivity index (χ0) is 9.97. The Morgan fingerprint density at radius 1 is 1.21 bits per heavy atom. The quantitative estimate of drug-likeness (QED) is 0.766. The van der Waals surface area contributed by atoms with Gasteiger partial charge in [0.1, 0.15) is 5.75 Å². The topological polar surface area (TPSA) is 26.3 Å². The molecule has 0 atom stereocenters. The van der Waals surface area contributed by atoms with Crippen LogP contribution in [-0.4, -0.2) is 6.47 Å². The van der Waals surface area contributed by atoms with Crippen LogP contribution in [0, 0.1) is 0 Å². The zero-order valence-electron chi connectivity index (χ0n) is 7.24. The van der Waals surface area contributed by atoms with E-state index >= 15 is 0 Å². The van der Waals surface area contributed by atoms with Crippen LogP contribution in [0.3, 0.4) is 0 Å². The SMILES string of the molecule is O=COc1cc(Br)cc2ccccc12. The van der Waals surface area contributed by atoms with E-state index in [0.717, 1.165) is 15.2 Å². The lowest BCUT2D eigenvalue weighted by Gasteiger charge is -2.04. The first-order chi connectivity index (χ1) is 6.81. The van der Waals surface area contributed by atoms with Crippen LogP contribution in [0.5, 0.6) is 5.75 Å². The molecule has 0 unspecified atom stereocenters. The van der Waals surface area contributed by atoms with Gasteiger partial charge in [-0.25, -0.2) is 0 Å². The van der Waals surface area contributed by atoms with Crippen molar-refractivity contribution in [2.45, 2.75) is 0 Å². The van der Waals surface area contributed by atoms with E-state index in [4.69, 9.17) is 4.74 Å². The van der Waals surface area contributed by atoms with Gasteiger partial charge in [-0.3, -0.25) is 4.79 Å². The third-order valence-corrected chi connectivity index (χ3v) is 2.42. The second-order valence-electron chi connectivity index (χ2n) is 2.84. The zero-order valence-corrected chi connectivity index (χ0v) is 8.82. The van der Waals surface area contributed by atoms with Crippen LogP contribution in [0.25, 0.3) is 10.8 Å². The number of fused-ring (bicyclic) bond motifs is 1. The van der Waals surface area contributed by atoms with Gasteiger partial charge in [0.25, 0.3) is 6.47 Å². The van der Waals surface area contributed by atoms with Crippen molar-refractivity contribution in [3.8, 4) is 5.75 Å². The van der Waals surface area contributed by atoms with E-state index < -0.39 is 0 Å². The smallest absolute Gasteiger partial charge is 0.298 e. The predicted molar refractivity (Wildman–Crippen MR) is 58.3 cm³/mol. The Bertz CT molecular complexity index is 480. The normalized spacial score (nSPS) is 10.1. The van der Waals surface area contributed by atoms with Crippen LogP contribution in [-0.2, 0) is 4.79 Å². The molecule has 0 heterocycles.